The molecule has 2 aromatic carbocycles. The number of hydrogen-bond donors (Lipinski definition) is 1. The molecule has 1 N–H and O–H groups in total. The molecule has 0 radical (unpaired) electrons. The summed E-state index contributed by atoms with van der Waals surface area (Å²) in [7, 11) is 1.72. The second kappa shape index (κ2) is 5.70. The molecule has 0 bridgehead atoms. The molecular weight excluding hydrogens is 316 g/mol. The van der Waals surface area contributed by atoms with Crippen molar-refractivity contribution in [1.82, 2.24) is 9.80 Å². The van der Waals surface area contributed by atoms with Gasteiger partial charge in [-0.3, -0.25) is 9.59 Å². The van der Waals surface area contributed by atoms with Crippen molar-refractivity contribution >= 4 is 11.8 Å². The summed E-state index contributed by atoms with van der Waals surface area (Å²) >= 11 is 0. The van der Waals surface area contributed by atoms with E-state index >= 15 is 0 Å². The van der Waals surface area contributed by atoms with Crippen LogP contribution in [0, 0.1) is 0 Å². The highest BCUT2D eigenvalue weighted by atomic mass is 16.3. The van der Waals surface area contributed by atoms with E-state index in [0.717, 1.165) is 11.1 Å². The van der Waals surface area contributed by atoms with Gasteiger partial charge in [-0.15, -0.1) is 0 Å². The van der Waals surface area contributed by atoms with Gasteiger partial charge in [0.2, 0.25) is 5.91 Å². The fourth-order valence-corrected chi connectivity index (χ4v) is 3.76. The van der Waals surface area contributed by atoms with E-state index in [2.05, 4.69) is 0 Å². The van der Waals surface area contributed by atoms with E-state index in [1.807, 2.05) is 48.5 Å². The lowest BCUT2D eigenvalue weighted by Crippen LogP contribution is -2.62. The normalized spacial score (nSPS) is 21.5. The zero-order valence-electron chi connectivity index (χ0n) is 14.1. The van der Waals surface area contributed by atoms with Crippen LogP contribution in [-0.2, 0) is 10.4 Å². The van der Waals surface area contributed by atoms with Crippen LogP contribution in [0.4, 0.5) is 0 Å². The summed E-state index contributed by atoms with van der Waals surface area (Å²) in [4.78, 5) is 28.5. The number of amides is 2. The molecule has 2 aromatic rings. The lowest BCUT2D eigenvalue weighted by molar-refractivity contribution is -0.159. The predicted molar refractivity (Wildman–Crippen MR) is 93.1 cm³/mol. The molecule has 0 spiro atoms. The van der Waals surface area contributed by atoms with Crippen LogP contribution in [0.3, 0.4) is 0 Å². The number of carbonyl (C=O) groups excluding carboxylic acids is 2. The van der Waals surface area contributed by atoms with Gasteiger partial charge < -0.3 is 14.9 Å². The van der Waals surface area contributed by atoms with Crippen molar-refractivity contribution < 1.29 is 14.7 Å². The van der Waals surface area contributed by atoms with E-state index in [1.165, 1.54) is 0 Å². The maximum atomic E-state index is 13.0. The van der Waals surface area contributed by atoms with E-state index in [-0.39, 0.29) is 30.8 Å². The molecule has 1 atom stereocenters. The van der Waals surface area contributed by atoms with Crippen LogP contribution >= 0.6 is 0 Å². The van der Waals surface area contributed by atoms with Gasteiger partial charge in [0.25, 0.3) is 5.91 Å². The van der Waals surface area contributed by atoms with Gasteiger partial charge in [0.1, 0.15) is 5.60 Å². The number of likely N-dealkylation sites (tertiary alicyclic amines) is 1. The molecule has 0 aromatic heterocycles. The summed E-state index contributed by atoms with van der Waals surface area (Å²) in [5, 5.41) is 10.7. The maximum absolute atomic E-state index is 13.0. The quantitative estimate of drug-likeness (QED) is 0.906. The SMILES string of the molecule is CN1CC(C(=O)N2CC(O)(c3ccccc3)C2)c2ccccc2C1=O. The lowest BCUT2D eigenvalue weighted by Gasteiger charge is -2.48. The Labute approximate surface area is 146 Å². The Morgan fingerprint density at radius 1 is 1.08 bits per heavy atom. The smallest absolute Gasteiger partial charge is 0.253 e. The highest BCUT2D eigenvalue weighted by molar-refractivity contribution is 6.00. The number of benzene rings is 2. The first kappa shape index (κ1) is 15.8. The van der Waals surface area contributed by atoms with Crippen molar-refractivity contribution in [1.29, 1.82) is 0 Å². The average Bonchev–Trinajstić information content (AvgIpc) is 2.62. The Kier molecular flexibility index (Phi) is 3.62. The van der Waals surface area contributed by atoms with E-state index in [9.17, 15) is 14.7 Å². The van der Waals surface area contributed by atoms with Gasteiger partial charge in [0.05, 0.1) is 19.0 Å². The molecule has 0 aliphatic carbocycles. The Morgan fingerprint density at radius 2 is 1.72 bits per heavy atom. The van der Waals surface area contributed by atoms with Crippen LogP contribution in [0.1, 0.15) is 27.4 Å². The molecule has 1 unspecified atom stereocenters. The first-order chi connectivity index (χ1) is 12.0. The summed E-state index contributed by atoms with van der Waals surface area (Å²) in [6.45, 7) is 0.938. The van der Waals surface area contributed by atoms with Crippen LogP contribution in [0.2, 0.25) is 0 Å². The van der Waals surface area contributed by atoms with Gasteiger partial charge in [-0.2, -0.15) is 0 Å². The van der Waals surface area contributed by atoms with Crippen molar-refractivity contribution in [2.75, 3.05) is 26.7 Å². The number of aliphatic hydroxyl groups is 1. The van der Waals surface area contributed by atoms with Gasteiger partial charge in [-0.05, 0) is 17.2 Å². The van der Waals surface area contributed by atoms with Gasteiger partial charge in [0.15, 0.2) is 0 Å². The Bertz CT molecular complexity index is 828. The number of fused-ring (bicyclic) bond motifs is 1. The third kappa shape index (κ3) is 2.51. The number of β-amino-alcohol motifs (C(OH)–C–C–N with tert-alkyl or cyclic N) is 1. The standard InChI is InChI=1S/C20H20N2O3/c1-21-11-17(15-9-5-6-10-16(15)18(21)23)19(24)22-12-20(25,13-22)14-7-3-2-4-8-14/h2-10,17,25H,11-13H2,1H3. The van der Waals surface area contributed by atoms with E-state index < -0.39 is 5.60 Å². The van der Waals surface area contributed by atoms with Gasteiger partial charge in [-0.1, -0.05) is 48.5 Å². The molecule has 1 fully saturated rings. The molecule has 2 amide bonds. The Hall–Kier alpha value is -2.66. The minimum absolute atomic E-state index is 0.0348. The topological polar surface area (TPSA) is 60.9 Å². The molecule has 1 saturated heterocycles. The zero-order valence-corrected chi connectivity index (χ0v) is 14.1. The minimum Gasteiger partial charge on any atom is -0.381 e. The number of carbonyl (C=O) groups is 2. The van der Waals surface area contributed by atoms with E-state index in [4.69, 9.17) is 0 Å². The molecule has 2 aliphatic rings. The number of hydrogen-bond acceptors (Lipinski definition) is 3. The summed E-state index contributed by atoms with van der Waals surface area (Å²) in [5.74, 6) is -0.462. The van der Waals surface area contributed by atoms with Crippen LogP contribution in [0.25, 0.3) is 0 Å². The van der Waals surface area contributed by atoms with Crippen molar-refractivity contribution in [2.24, 2.45) is 0 Å². The lowest BCUT2D eigenvalue weighted by atomic mass is 9.83. The van der Waals surface area contributed by atoms with E-state index in [0.29, 0.717) is 12.1 Å². The maximum Gasteiger partial charge on any atom is 0.253 e. The highest BCUT2D eigenvalue weighted by Gasteiger charge is 2.47. The third-order valence-corrected chi connectivity index (χ3v) is 5.20. The second-order valence-corrected chi connectivity index (χ2v) is 6.92. The summed E-state index contributed by atoms with van der Waals surface area (Å²) in [6, 6.07) is 16.7. The Morgan fingerprint density at radius 3 is 2.44 bits per heavy atom. The minimum atomic E-state index is -0.979. The predicted octanol–water partition coefficient (Wildman–Crippen LogP) is 1.59. The zero-order chi connectivity index (χ0) is 17.6. The molecular formula is C20H20N2O3. The number of nitrogens with zero attached hydrogens (tertiary/aromatic N) is 2. The third-order valence-electron chi connectivity index (χ3n) is 5.20. The first-order valence-corrected chi connectivity index (χ1v) is 8.41. The average molecular weight is 336 g/mol. The van der Waals surface area contributed by atoms with Crippen LogP contribution < -0.4 is 0 Å². The first-order valence-electron chi connectivity index (χ1n) is 8.41. The number of likely N-dealkylation sites (N-methyl/N-ethyl adjacent to an activating group) is 1. The van der Waals surface area contributed by atoms with Crippen molar-refractivity contribution in [3.8, 4) is 0 Å². The van der Waals surface area contributed by atoms with Crippen molar-refractivity contribution in [3.05, 3.63) is 71.3 Å². The van der Waals surface area contributed by atoms with Crippen molar-refractivity contribution in [3.63, 3.8) is 0 Å². The molecule has 128 valence electrons. The molecule has 25 heavy (non-hydrogen) atoms. The highest BCUT2D eigenvalue weighted by Crippen LogP contribution is 2.36. The van der Waals surface area contributed by atoms with E-state index in [1.54, 1.807) is 22.9 Å². The summed E-state index contributed by atoms with van der Waals surface area (Å²) < 4.78 is 0. The van der Waals surface area contributed by atoms with Crippen LogP contribution in [0.5, 0.6) is 0 Å². The van der Waals surface area contributed by atoms with Crippen LogP contribution in [-0.4, -0.2) is 53.4 Å². The summed E-state index contributed by atoms with van der Waals surface area (Å²) in [6.07, 6.45) is 0. The number of rotatable bonds is 2. The molecule has 5 nitrogen and oxygen atoms in total. The molecule has 5 heteroatoms. The van der Waals surface area contributed by atoms with Gasteiger partial charge in [0, 0.05) is 19.2 Å². The molecule has 2 aliphatic heterocycles. The van der Waals surface area contributed by atoms with Gasteiger partial charge >= 0.3 is 0 Å². The fraction of sp³-hybridized carbons (Fsp3) is 0.300. The Balaban J connectivity index is 1.55. The van der Waals surface area contributed by atoms with Crippen LogP contribution in [0.15, 0.2) is 54.6 Å². The fourth-order valence-electron chi connectivity index (χ4n) is 3.76. The monoisotopic (exact) mass is 336 g/mol. The second-order valence-electron chi connectivity index (χ2n) is 6.92. The largest absolute Gasteiger partial charge is 0.381 e. The molecule has 2 heterocycles. The molecule has 4 rings (SSSR count). The van der Waals surface area contributed by atoms with Gasteiger partial charge in [-0.25, -0.2) is 0 Å². The summed E-state index contributed by atoms with van der Waals surface area (Å²) in [5.41, 5.74) is 1.22. The molecule has 0 saturated carbocycles. The van der Waals surface area contributed by atoms with Crippen molar-refractivity contribution in [2.45, 2.75) is 11.5 Å².